The average molecular weight is 1380 g/mol. The van der Waals surface area contributed by atoms with Gasteiger partial charge in [0.25, 0.3) is 0 Å². The fourth-order valence-corrected chi connectivity index (χ4v) is 12.5. The summed E-state index contributed by atoms with van der Waals surface area (Å²) in [7, 11) is -9.92. The average Bonchev–Trinajstić information content (AvgIpc) is 1.87. The van der Waals surface area contributed by atoms with Gasteiger partial charge in [0, 0.05) is 25.7 Å². The maximum Gasteiger partial charge on any atom is 0.472 e. The molecule has 0 saturated carbocycles. The summed E-state index contributed by atoms with van der Waals surface area (Å²) in [5.74, 6) is 0.0933. The number of allylic oxidation sites excluding steroid dienone is 4. The maximum absolute atomic E-state index is 13.1. The van der Waals surface area contributed by atoms with E-state index in [1.165, 1.54) is 148 Å². The zero-order valence-corrected chi connectivity index (χ0v) is 62.7. The third kappa shape index (κ3) is 68.1. The van der Waals surface area contributed by atoms with E-state index in [4.69, 9.17) is 37.0 Å². The van der Waals surface area contributed by atoms with Crippen LogP contribution in [-0.2, 0) is 65.4 Å². The van der Waals surface area contributed by atoms with Gasteiger partial charge in [0.05, 0.1) is 26.4 Å². The fraction of sp³-hybridized carbons (Fsp3) is 0.893. The molecule has 0 aliphatic heterocycles. The van der Waals surface area contributed by atoms with Crippen LogP contribution in [-0.4, -0.2) is 96.7 Å². The Morgan fingerprint density at radius 1 is 0.330 bits per heavy atom. The number of aliphatic hydroxyl groups is 1. The molecule has 0 aromatic heterocycles. The molecule has 0 radical (unpaired) electrons. The highest BCUT2D eigenvalue weighted by Crippen LogP contribution is 2.45. The lowest BCUT2D eigenvalue weighted by Crippen LogP contribution is -2.30. The Bertz CT molecular complexity index is 1930. The number of esters is 4. The number of aliphatic hydroxyl groups excluding tert-OH is 1. The minimum Gasteiger partial charge on any atom is -0.462 e. The second-order valence-corrected chi connectivity index (χ2v) is 30.7. The summed E-state index contributed by atoms with van der Waals surface area (Å²) < 4.78 is 68.4. The SMILES string of the molecule is CCCCCC/C=C\C=C/CCCCCCCC(=O)O[C@H](COC(=O)CCCCCCCCCC(C)C)COP(=O)(O)OCC(O)COP(=O)(O)OC[C@@H](COC(=O)CCCCCCCCCCCCC(C)C)OC(=O)CCCCCCCCCCCCCCCC(C)C. The van der Waals surface area contributed by atoms with Crippen molar-refractivity contribution in [2.75, 3.05) is 39.6 Å². The lowest BCUT2D eigenvalue weighted by atomic mass is 10.0. The number of carbonyl (C=O) groups excluding carboxylic acids is 4. The number of phosphoric acid groups is 2. The van der Waals surface area contributed by atoms with Crippen molar-refractivity contribution in [2.45, 2.75) is 375 Å². The van der Waals surface area contributed by atoms with Crippen molar-refractivity contribution in [3.05, 3.63) is 24.3 Å². The molecule has 0 aromatic rings. The summed E-state index contributed by atoms with van der Waals surface area (Å²) in [4.78, 5) is 72.7. The van der Waals surface area contributed by atoms with Gasteiger partial charge in [-0.15, -0.1) is 0 Å². The molecule has 554 valence electrons. The van der Waals surface area contributed by atoms with Gasteiger partial charge in [0.2, 0.25) is 0 Å². The van der Waals surface area contributed by atoms with E-state index < -0.39 is 97.5 Å². The van der Waals surface area contributed by atoms with Crippen LogP contribution in [0.25, 0.3) is 0 Å². The van der Waals surface area contributed by atoms with Gasteiger partial charge in [-0.3, -0.25) is 37.3 Å². The van der Waals surface area contributed by atoms with Crippen molar-refractivity contribution < 1.29 is 80.2 Å². The molecule has 0 amide bonds. The van der Waals surface area contributed by atoms with Crippen LogP contribution < -0.4 is 0 Å². The van der Waals surface area contributed by atoms with Gasteiger partial charge in [-0.25, -0.2) is 9.13 Å². The summed E-state index contributed by atoms with van der Waals surface area (Å²) in [5, 5.41) is 10.6. The molecule has 5 atom stereocenters. The van der Waals surface area contributed by atoms with Gasteiger partial charge in [0.1, 0.15) is 19.3 Å². The molecule has 0 aliphatic rings. The molecule has 0 bridgehead atoms. The van der Waals surface area contributed by atoms with Crippen LogP contribution in [0.1, 0.15) is 357 Å². The van der Waals surface area contributed by atoms with Gasteiger partial charge < -0.3 is 33.8 Å². The molecule has 3 N–H and O–H groups in total. The van der Waals surface area contributed by atoms with E-state index in [2.05, 4.69) is 72.8 Å². The van der Waals surface area contributed by atoms with Gasteiger partial charge in [0.15, 0.2) is 12.2 Å². The third-order valence-electron chi connectivity index (χ3n) is 16.8. The van der Waals surface area contributed by atoms with E-state index in [0.717, 1.165) is 121 Å². The molecule has 94 heavy (non-hydrogen) atoms. The second-order valence-electron chi connectivity index (χ2n) is 27.8. The summed E-state index contributed by atoms with van der Waals surface area (Å²) in [6.45, 7) is 11.8. The second kappa shape index (κ2) is 65.2. The minimum absolute atomic E-state index is 0.0839. The molecule has 0 spiro atoms. The van der Waals surface area contributed by atoms with Gasteiger partial charge in [-0.1, -0.05) is 304 Å². The van der Waals surface area contributed by atoms with E-state index in [0.29, 0.717) is 31.6 Å². The smallest absolute Gasteiger partial charge is 0.462 e. The summed E-state index contributed by atoms with van der Waals surface area (Å²) in [6, 6.07) is 0. The topological polar surface area (TPSA) is 237 Å². The first-order valence-corrected chi connectivity index (χ1v) is 41.2. The first-order chi connectivity index (χ1) is 45.2. The van der Waals surface area contributed by atoms with Gasteiger partial charge >= 0.3 is 39.5 Å². The van der Waals surface area contributed by atoms with Crippen molar-refractivity contribution in [1.82, 2.24) is 0 Å². The number of hydrogen-bond acceptors (Lipinski definition) is 15. The van der Waals surface area contributed by atoms with Crippen molar-refractivity contribution in [1.29, 1.82) is 0 Å². The van der Waals surface area contributed by atoms with Gasteiger partial charge in [-0.05, 0) is 69.1 Å². The van der Waals surface area contributed by atoms with Crippen LogP contribution in [0.2, 0.25) is 0 Å². The van der Waals surface area contributed by atoms with E-state index in [9.17, 15) is 43.2 Å². The van der Waals surface area contributed by atoms with Crippen molar-refractivity contribution in [3.8, 4) is 0 Å². The van der Waals surface area contributed by atoms with Crippen LogP contribution in [0.4, 0.5) is 0 Å². The lowest BCUT2D eigenvalue weighted by molar-refractivity contribution is -0.161. The first-order valence-electron chi connectivity index (χ1n) is 38.2. The number of unbranched alkanes of at least 4 members (excludes halogenated alkanes) is 36. The van der Waals surface area contributed by atoms with Crippen LogP contribution in [0, 0.1) is 17.8 Å². The van der Waals surface area contributed by atoms with E-state index in [-0.39, 0.29) is 25.7 Å². The molecular formula is C75H142O17P2. The molecule has 3 unspecified atom stereocenters. The molecule has 0 rings (SSSR count). The molecule has 0 heterocycles. The predicted octanol–water partition coefficient (Wildman–Crippen LogP) is 21.3. The predicted molar refractivity (Wildman–Crippen MR) is 381 cm³/mol. The molecule has 0 fully saturated rings. The van der Waals surface area contributed by atoms with Crippen molar-refractivity contribution in [3.63, 3.8) is 0 Å². The standard InChI is InChI=1S/C75H142O17P2/c1-8-9-10-11-12-13-14-15-16-19-22-29-36-44-51-58-75(80)92-71(63-86-73(78)57-50-43-38-31-34-41-48-55-68(6)7)65-90-94(83,84)88-61-69(76)60-87-93(81,82)89-64-70(62-85-72(77)56-49-42-35-28-25-24-27-33-40-47-54-67(4)5)91-74(79)59-52-45-37-30-23-20-17-18-21-26-32-39-46-53-66(2)3/h13-16,66-71,76H,8-12,17-65H2,1-7H3,(H,81,82)(H,83,84)/b14-13-,16-15-/t69?,70-,71-/m1/s1. The Morgan fingerprint density at radius 2 is 0.574 bits per heavy atom. The van der Waals surface area contributed by atoms with Crippen LogP contribution in [0.3, 0.4) is 0 Å². The quantitative estimate of drug-likeness (QED) is 0.0169. The Kier molecular flexibility index (Phi) is 63.5. The lowest BCUT2D eigenvalue weighted by Gasteiger charge is -2.21. The normalized spacial score (nSPS) is 14.3. The fourth-order valence-electron chi connectivity index (χ4n) is 10.9. The highest BCUT2D eigenvalue weighted by Gasteiger charge is 2.30. The zero-order valence-electron chi connectivity index (χ0n) is 60.9. The van der Waals surface area contributed by atoms with Crippen LogP contribution >= 0.6 is 15.6 Å². The molecular weight excluding hydrogens is 1230 g/mol. The summed E-state index contributed by atoms with van der Waals surface area (Å²) >= 11 is 0. The summed E-state index contributed by atoms with van der Waals surface area (Å²) in [5.41, 5.74) is 0. The van der Waals surface area contributed by atoms with Crippen LogP contribution in [0.15, 0.2) is 24.3 Å². The Hall–Kier alpha value is -2.46. The third-order valence-corrected chi connectivity index (χ3v) is 18.7. The van der Waals surface area contributed by atoms with E-state index in [1.807, 2.05) is 0 Å². The minimum atomic E-state index is -4.96. The largest absolute Gasteiger partial charge is 0.472 e. The van der Waals surface area contributed by atoms with Crippen LogP contribution in [0.5, 0.6) is 0 Å². The summed E-state index contributed by atoms with van der Waals surface area (Å²) in [6.07, 6.45) is 53.6. The Labute approximate surface area is 573 Å². The van der Waals surface area contributed by atoms with Gasteiger partial charge in [-0.2, -0.15) is 0 Å². The highest BCUT2D eigenvalue weighted by molar-refractivity contribution is 7.47. The molecule has 17 nitrogen and oxygen atoms in total. The first kappa shape index (κ1) is 91.5. The Balaban J connectivity index is 5.29. The Morgan fingerprint density at radius 3 is 0.862 bits per heavy atom. The number of rotatable bonds is 71. The number of hydrogen-bond donors (Lipinski definition) is 3. The number of ether oxygens (including phenoxy) is 4. The molecule has 19 heteroatoms. The maximum atomic E-state index is 13.1. The van der Waals surface area contributed by atoms with Crippen molar-refractivity contribution >= 4 is 39.5 Å². The zero-order chi connectivity index (χ0) is 69.4. The highest BCUT2D eigenvalue weighted by atomic mass is 31.2. The molecule has 0 aromatic carbocycles. The monoisotopic (exact) mass is 1380 g/mol. The molecule has 0 aliphatic carbocycles. The van der Waals surface area contributed by atoms with Crippen molar-refractivity contribution in [2.24, 2.45) is 17.8 Å². The van der Waals surface area contributed by atoms with E-state index in [1.54, 1.807) is 0 Å². The molecule has 0 saturated heterocycles. The number of phosphoric ester groups is 2. The number of carbonyl (C=O) groups is 4. The van der Waals surface area contributed by atoms with E-state index >= 15 is 0 Å².